The number of hydrogen-bond acceptors (Lipinski definition) is 3. The molecule has 1 amide bonds. The van der Waals surface area contributed by atoms with E-state index in [1.165, 1.54) is 24.3 Å². The molecular formula is C19H12BrN3O3. The summed E-state index contributed by atoms with van der Waals surface area (Å²) in [5.41, 5.74) is 1.84. The number of aromatic nitrogens is 1. The Morgan fingerprint density at radius 3 is 2.77 bits per heavy atom. The number of halogens is 1. The summed E-state index contributed by atoms with van der Waals surface area (Å²) in [6.07, 6.45) is 3.20. The highest BCUT2D eigenvalue weighted by Gasteiger charge is 2.12. The molecule has 3 rings (SSSR count). The van der Waals surface area contributed by atoms with Gasteiger partial charge in [0.15, 0.2) is 0 Å². The monoisotopic (exact) mass is 409 g/mol. The van der Waals surface area contributed by atoms with Gasteiger partial charge in [-0.25, -0.2) is 4.79 Å². The first-order valence-corrected chi connectivity index (χ1v) is 8.30. The normalized spacial score (nSPS) is 11.2. The molecule has 0 fully saturated rings. The summed E-state index contributed by atoms with van der Waals surface area (Å²) in [4.78, 5) is 26.5. The van der Waals surface area contributed by atoms with Crippen LogP contribution in [0.15, 0.2) is 58.7 Å². The minimum atomic E-state index is -1.10. The molecule has 0 radical (unpaired) electrons. The molecule has 128 valence electrons. The summed E-state index contributed by atoms with van der Waals surface area (Å²) < 4.78 is 0.882. The van der Waals surface area contributed by atoms with Gasteiger partial charge in [0.25, 0.3) is 5.91 Å². The summed E-state index contributed by atoms with van der Waals surface area (Å²) in [5, 5.41) is 21.8. The maximum Gasteiger partial charge on any atom is 0.335 e. The van der Waals surface area contributed by atoms with Crippen LogP contribution in [0.1, 0.15) is 15.9 Å². The van der Waals surface area contributed by atoms with Crippen LogP contribution in [0.5, 0.6) is 0 Å². The van der Waals surface area contributed by atoms with Gasteiger partial charge in [-0.3, -0.25) is 4.79 Å². The third kappa shape index (κ3) is 3.66. The van der Waals surface area contributed by atoms with Crippen LogP contribution in [0, 0.1) is 11.3 Å². The Morgan fingerprint density at radius 1 is 1.23 bits per heavy atom. The first-order chi connectivity index (χ1) is 12.5. The lowest BCUT2D eigenvalue weighted by atomic mass is 10.1. The second-order valence-corrected chi connectivity index (χ2v) is 6.36. The molecule has 7 heteroatoms. The van der Waals surface area contributed by atoms with Gasteiger partial charge in [0.05, 0.1) is 5.56 Å². The lowest BCUT2D eigenvalue weighted by Gasteiger charge is -2.05. The lowest BCUT2D eigenvalue weighted by Crippen LogP contribution is -2.13. The van der Waals surface area contributed by atoms with Crippen LogP contribution in [-0.2, 0) is 4.79 Å². The number of hydrogen-bond donors (Lipinski definition) is 3. The van der Waals surface area contributed by atoms with Crippen molar-refractivity contribution >= 4 is 50.5 Å². The molecule has 2 aromatic carbocycles. The fourth-order valence-electron chi connectivity index (χ4n) is 2.47. The number of carbonyl (C=O) groups excluding carboxylic acids is 1. The van der Waals surface area contributed by atoms with Gasteiger partial charge in [-0.05, 0) is 42.5 Å². The number of amides is 1. The number of nitrogens with zero attached hydrogens (tertiary/aromatic N) is 1. The molecule has 0 saturated carbocycles. The van der Waals surface area contributed by atoms with Gasteiger partial charge in [-0.15, -0.1) is 0 Å². The minimum absolute atomic E-state index is 0.0479. The number of carboxylic acid groups (broad SMARTS) is 1. The average Bonchev–Trinajstić information content (AvgIpc) is 3.01. The van der Waals surface area contributed by atoms with E-state index in [0.717, 1.165) is 15.4 Å². The third-order valence-electron chi connectivity index (χ3n) is 3.71. The highest BCUT2D eigenvalue weighted by molar-refractivity contribution is 9.10. The number of benzene rings is 2. The zero-order valence-electron chi connectivity index (χ0n) is 13.3. The molecule has 26 heavy (non-hydrogen) atoms. The van der Waals surface area contributed by atoms with Gasteiger partial charge in [0.2, 0.25) is 0 Å². The fourth-order valence-corrected chi connectivity index (χ4v) is 2.83. The zero-order valence-corrected chi connectivity index (χ0v) is 14.9. The summed E-state index contributed by atoms with van der Waals surface area (Å²) in [6, 6.07) is 13.4. The SMILES string of the molecule is N#C/C(=C/c1c[nH]c2ccc(Br)cc12)C(=O)Nc1cccc(C(=O)O)c1. The van der Waals surface area contributed by atoms with Crippen LogP contribution in [0.4, 0.5) is 5.69 Å². The topological polar surface area (TPSA) is 106 Å². The fraction of sp³-hybridized carbons (Fsp3) is 0. The van der Waals surface area contributed by atoms with Crippen LogP contribution >= 0.6 is 15.9 Å². The summed E-state index contributed by atoms with van der Waals surface area (Å²) in [5.74, 6) is -1.71. The molecule has 1 aromatic heterocycles. The molecule has 6 nitrogen and oxygen atoms in total. The van der Waals surface area contributed by atoms with Crippen LogP contribution in [0.2, 0.25) is 0 Å². The van der Waals surface area contributed by atoms with E-state index < -0.39 is 11.9 Å². The predicted molar refractivity (Wildman–Crippen MR) is 102 cm³/mol. The van der Waals surface area contributed by atoms with Gasteiger partial charge in [0.1, 0.15) is 11.6 Å². The van der Waals surface area contributed by atoms with Crippen molar-refractivity contribution in [3.05, 3.63) is 69.8 Å². The first kappa shape index (κ1) is 17.5. The molecule has 1 heterocycles. The Kier molecular flexibility index (Phi) is 4.87. The Hall–Kier alpha value is -3.37. The molecule has 0 aliphatic heterocycles. The van der Waals surface area contributed by atoms with Crippen molar-refractivity contribution in [2.45, 2.75) is 0 Å². The molecule has 0 aliphatic carbocycles. The molecule has 3 N–H and O–H groups in total. The summed E-state index contributed by atoms with van der Waals surface area (Å²) >= 11 is 3.40. The number of anilines is 1. The van der Waals surface area contributed by atoms with Crippen LogP contribution in [0.25, 0.3) is 17.0 Å². The van der Waals surface area contributed by atoms with Crippen molar-refractivity contribution in [3.8, 4) is 6.07 Å². The maximum absolute atomic E-state index is 12.4. The molecule has 3 aromatic rings. The molecule has 0 bridgehead atoms. The van der Waals surface area contributed by atoms with E-state index >= 15 is 0 Å². The third-order valence-corrected chi connectivity index (χ3v) is 4.20. The molecule has 0 saturated heterocycles. The lowest BCUT2D eigenvalue weighted by molar-refractivity contribution is -0.112. The largest absolute Gasteiger partial charge is 0.478 e. The number of carboxylic acids is 1. The minimum Gasteiger partial charge on any atom is -0.478 e. The number of H-pyrrole nitrogens is 1. The maximum atomic E-state index is 12.4. The number of rotatable bonds is 4. The van der Waals surface area contributed by atoms with Gasteiger partial charge < -0.3 is 15.4 Å². The van der Waals surface area contributed by atoms with Crippen LogP contribution in [0.3, 0.4) is 0 Å². The van der Waals surface area contributed by atoms with E-state index in [4.69, 9.17) is 5.11 Å². The number of aromatic carboxylic acids is 1. The number of fused-ring (bicyclic) bond motifs is 1. The Labute approximate surface area is 156 Å². The highest BCUT2D eigenvalue weighted by Crippen LogP contribution is 2.24. The second kappa shape index (κ2) is 7.25. The van der Waals surface area contributed by atoms with E-state index in [1.54, 1.807) is 12.3 Å². The Balaban J connectivity index is 1.90. The Morgan fingerprint density at radius 2 is 2.04 bits per heavy atom. The smallest absolute Gasteiger partial charge is 0.335 e. The quantitative estimate of drug-likeness (QED) is 0.443. The average molecular weight is 410 g/mol. The molecule has 0 unspecified atom stereocenters. The van der Waals surface area contributed by atoms with Gasteiger partial charge in [-0.1, -0.05) is 22.0 Å². The van der Waals surface area contributed by atoms with E-state index in [0.29, 0.717) is 11.3 Å². The van der Waals surface area contributed by atoms with E-state index in [1.807, 2.05) is 24.3 Å². The van der Waals surface area contributed by atoms with E-state index in [9.17, 15) is 14.9 Å². The van der Waals surface area contributed by atoms with Crippen molar-refractivity contribution in [2.75, 3.05) is 5.32 Å². The van der Waals surface area contributed by atoms with Gasteiger partial charge in [-0.2, -0.15) is 5.26 Å². The van der Waals surface area contributed by atoms with Crippen molar-refractivity contribution in [2.24, 2.45) is 0 Å². The number of carbonyl (C=O) groups is 2. The Bertz CT molecular complexity index is 1090. The number of nitrogens with one attached hydrogen (secondary N) is 2. The number of aromatic amines is 1. The molecule has 0 atom stereocenters. The summed E-state index contributed by atoms with van der Waals surface area (Å²) in [6.45, 7) is 0. The predicted octanol–water partition coefficient (Wildman–Crippen LogP) is 4.17. The van der Waals surface area contributed by atoms with Crippen molar-refractivity contribution in [1.82, 2.24) is 4.98 Å². The number of nitriles is 1. The molecule has 0 spiro atoms. The van der Waals surface area contributed by atoms with Gasteiger partial charge >= 0.3 is 5.97 Å². The van der Waals surface area contributed by atoms with Crippen molar-refractivity contribution in [3.63, 3.8) is 0 Å². The summed E-state index contributed by atoms with van der Waals surface area (Å²) in [7, 11) is 0. The highest BCUT2D eigenvalue weighted by atomic mass is 79.9. The first-order valence-electron chi connectivity index (χ1n) is 7.51. The van der Waals surface area contributed by atoms with Crippen molar-refractivity contribution in [1.29, 1.82) is 5.26 Å². The standard InChI is InChI=1S/C19H12BrN3O3/c20-14-4-5-17-16(8-14)13(10-22-17)6-12(9-21)18(24)23-15-3-1-2-11(7-15)19(25)26/h1-8,10,22H,(H,23,24)(H,25,26)/b12-6-. The van der Waals surface area contributed by atoms with Crippen molar-refractivity contribution < 1.29 is 14.7 Å². The zero-order chi connectivity index (χ0) is 18.7. The van der Waals surface area contributed by atoms with E-state index in [-0.39, 0.29) is 11.1 Å². The van der Waals surface area contributed by atoms with Crippen LogP contribution < -0.4 is 5.32 Å². The molecule has 0 aliphatic rings. The van der Waals surface area contributed by atoms with E-state index in [2.05, 4.69) is 26.2 Å². The van der Waals surface area contributed by atoms with Gasteiger partial charge in [0, 0.05) is 32.8 Å². The second-order valence-electron chi connectivity index (χ2n) is 5.44. The van der Waals surface area contributed by atoms with Crippen LogP contribution in [-0.4, -0.2) is 22.0 Å². The molecular weight excluding hydrogens is 398 g/mol.